The predicted molar refractivity (Wildman–Crippen MR) is 80.1 cm³/mol. The van der Waals surface area contributed by atoms with Gasteiger partial charge in [-0.2, -0.15) is 5.10 Å². The van der Waals surface area contributed by atoms with Crippen LogP contribution in [-0.4, -0.2) is 24.3 Å². The minimum Gasteiger partial charge on any atom is -0.360 e. The van der Waals surface area contributed by atoms with E-state index < -0.39 is 0 Å². The molecule has 0 saturated heterocycles. The Hall–Kier alpha value is -1.29. The summed E-state index contributed by atoms with van der Waals surface area (Å²) >= 11 is 3.60. The second-order valence-electron chi connectivity index (χ2n) is 4.91. The molecule has 2 aromatic rings. The Balaban J connectivity index is 2.37. The number of aromatic nitrogens is 2. The van der Waals surface area contributed by atoms with Crippen LogP contribution in [0, 0.1) is 0 Å². The Bertz CT molecular complexity index is 526. The van der Waals surface area contributed by atoms with Crippen LogP contribution in [-0.2, 0) is 0 Å². The number of halogens is 1. The lowest BCUT2D eigenvalue weighted by Crippen LogP contribution is -2.09. The quantitative estimate of drug-likeness (QED) is 0.928. The number of benzene rings is 1. The third-order valence-electron chi connectivity index (χ3n) is 2.98. The highest BCUT2D eigenvalue weighted by atomic mass is 79.9. The Morgan fingerprint density at radius 3 is 2.22 bits per heavy atom. The van der Waals surface area contributed by atoms with Gasteiger partial charge in [0.1, 0.15) is 0 Å². The number of hydrogen-bond acceptors (Lipinski definition) is 2. The minimum absolute atomic E-state index is 0.557. The zero-order chi connectivity index (χ0) is 13.3. The van der Waals surface area contributed by atoms with Gasteiger partial charge in [-0.1, -0.05) is 38.1 Å². The van der Waals surface area contributed by atoms with E-state index in [1.54, 1.807) is 0 Å². The van der Waals surface area contributed by atoms with Gasteiger partial charge in [0, 0.05) is 19.7 Å². The lowest BCUT2D eigenvalue weighted by molar-refractivity contribution is 0.867. The molecule has 0 aliphatic heterocycles. The molecule has 0 bridgehead atoms. The van der Waals surface area contributed by atoms with E-state index in [1.807, 2.05) is 19.0 Å². The van der Waals surface area contributed by atoms with E-state index >= 15 is 0 Å². The molecule has 0 radical (unpaired) electrons. The molecule has 1 aromatic carbocycles. The van der Waals surface area contributed by atoms with Gasteiger partial charge < -0.3 is 4.90 Å². The Morgan fingerprint density at radius 2 is 1.78 bits per heavy atom. The van der Waals surface area contributed by atoms with Crippen LogP contribution in [0.3, 0.4) is 0 Å². The smallest absolute Gasteiger partial charge is 0.164 e. The zero-order valence-electron chi connectivity index (χ0n) is 11.2. The van der Waals surface area contributed by atoms with Crippen molar-refractivity contribution in [1.29, 1.82) is 0 Å². The van der Waals surface area contributed by atoms with Gasteiger partial charge in [0.15, 0.2) is 5.82 Å². The summed E-state index contributed by atoms with van der Waals surface area (Å²) < 4.78 is 1.00. The Kier molecular flexibility index (Phi) is 3.76. The molecule has 0 aliphatic carbocycles. The van der Waals surface area contributed by atoms with Crippen molar-refractivity contribution in [2.24, 2.45) is 0 Å². The van der Waals surface area contributed by atoms with Crippen molar-refractivity contribution < 1.29 is 0 Å². The zero-order valence-corrected chi connectivity index (χ0v) is 12.7. The SMILES string of the molecule is CC(C)c1ccc(-c2[nH]nc(N(C)C)c2Br)cc1. The summed E-state index contributed by atoms with van der Waals surface area (Å²) in [6.45, 7) is 4.40. The molecule has 1 N–H and O–H groups in total. The van der Waals surface area contributed by atoms with Crippen LogP contribution in [0.2, 0.25) is 0 Å². The average Bonchev–Trinajstić information content (AvgIpc) is 2.71. The summed E-state index contributed by atoms with van der Waals surface area (Å²) in [7, 11) is 3.96. The lowest BCUT2D eigenvalue weighted by Gasteiger charge is -2.08. The normalized spacial score (nSPS) is 11.0. The molecule has 1 heterocycles. The molecule has 1 aromatic heterocycles. The topological polar surface area (TPSA) is 31.9 Å². The second-order valence-corrected chi connectivity index (χ2v) is 5.70. The van der Waals surface area contributed by atoms with Crippen LogP contribution in [0.4, 0.5) is 5.82 Å². The maximum atomic E-state index is 4.30. The number of H-pyrrole nitrogens is 1. The highest BCUT2D eigenvalue weighted by Gasteiger charge is 2.13. The fourth-order valence-corrected chi connectivity index (χ4v) is 2.60. The van der Waals surface area contributed by atoms with Gasteiger partial charge >= 0.3 is 0 Å². The van der Waals surface area contributed by atoms with Crippen molar-refractivity contribution in [3.63, 3.8) is 0 Å². The highest BCUT2D eigenvalue weighted by molar-refractivity contribution is 9.10. The Morgan fingerprint density at radius 1 is 1.17 bits per heavy atom. The van der Waals surface area contributed by atoms with Crippen LogP contribution in [0.1, 0.15) is 25.3 Å². The van der Waals surface area contributed by atoms with Crippen LogP contribution in [0.5, 0.6) is 0 Å². The minimum atomic E-state index is 0.557. The number of hydrogen-bond donors (Lipinski definition) is 1. The van der Waals surface area contributed by atoms with Crippen molar-refractivity contribution in [2.45, 2.75) is 19.8 Å². The largest absolute Gasteiger partial charge is 0.360 e. The molecule has 0 aliphatic rings. The van der Waals surface area contributed by atoms with E-state index in [9.17, 15) is 0 Å². The standard InChI is InChI=1S/C14H18BrN3/c1-9(2)10-5-7-11(8-6-10)13-12(15)14(17-16-13)18(3)4/h5-9H,1-4H3,(H,16,17). The number of nitrogens with zero attached hydrogens (tertiary/aromatic N) is 2. The van der Waals surface area contributed by atoms with Gasteiger partial charge in [-0.05, 0) is 27.4 Å². The van der Waals surface area contributed by atoms with Crippen LogP contribution in [0.25, 0.3) is 11.3 Å². The molecule has 0 atom stereocenters. The molecular formula is C14H18BrN3. The van der Waals surface area contributed by atoms with E-state index in [0.717, 1.165) is 21.5 Å². The predicted octanol–water partition coefficient (Wildman–Crippen LogP) is 4.03. The first-order valence-corrected chi connectivity index (χ1v) is 6.81. The molecule has 0 fully saturated rings. The third kappa shape index (κ3) is 2.43. The van der Waals surface area contributed by atoms with Gasteiger partial charge in [0.25, 0.3) is 0 Å². The van der Waals surface area contributed by atoms with Crippen molar-refractivity contribution in [3.8, 4) is 11.3 Å². The van der Waals surface area contributed by atoms with E-state index in [4.69, 9.17) is 0 Å². The van der Waals surface area contributed by atoms with Gasteiger partial charge in [0.05, 0.1) is 10.2 Å². The first-order valence-electron chi connectivity index (χ1n) is 6.02. The first-order chi connectivity index (χ1) is 8.50. The molecule has 0 saturated carbocycles. The maximum Gasteiger partial charge on any atom is 0.164 e. The number of nitrogens with one attached hydrogen (secondary N) is 1. The van der Waals surface area contributed by atoms with Crippen LogP contribution in [0.15, 0.2) is 28.7 Å². The molecule has 4 heteroatoms. The van der Waals surface area contributed by atoms with Crippen LogP contribution >= 0.6 is 15.9 Å². The van der Waals surface area contributed by atoms with E-state index in [2.05, 4.69) is 64.2 Å². The Labute approximate surface area is 116 Å². The summed E-state index contributed by atoms with van der Waals surface area (Å²) in [6, 6.07) is 8.60. The van der Waals surface area contributed by atoms with Gasteiger partial charge in [0.2, 0.25) is 0 Å². The van der Waals surface area contributed by atoms with Crippen LogP contribution < -0.4 is 4.90 Å². The molecule has 0 amide bonds. The van der Waals surface area contributed by atoms with Crippen molar-refractivity contribution in [1.82, 2.24) is 10.2 Å². The summed E-state index contributed by atoms with van der Waals surface area (Å²) in [5, 5.41) is 7.39. The van der Waals surface area contributed by atoms with Crippen molar-refractivity contribution in [2.75, 3.05) is 19.0 Å². The van der Waals surface area contributed by atoms with Crippen molar-refractivity contribution >= 4 is 21.7 Å². The number of anilines is 1. The van der Waals surface area contributed by atoms with E-state index in [1.165, 1.54) is 5.56 Å². The third-order valence-corrected chi connectivity index (χ3v) is 3.73. The second kappa shape index (κ2) is 5.14. The van der Waals surface area contributed by atoms with E-state index in [-0.39, 0.29) is 0 Å². The van der Waals surface area contributed by atoms with Gasteiger partial charge in [-0.15, -0.1) is 0 Å². The molecule has 96 valence electrons. The highest BCUT2D eigenvalue weighted by Crippen LogP contribution is 2.33. The van der Waals surface area contributed by atoms with Gasteiger partial charge in [-0.25, -0.2) is 0 Å². The number of aromatic amines is 1. The molecular weight excluding hydrogens is 290 g/mol. The van der Waals surface area contributed by atoms with Gasteiger partial charge in [-0.3, -0.25) is 5.10 Å². The summed E-state index contributed by atoms with van der Waals surface area (Å²) in [5.41, 5.74) is 3.52. The fourth-order valence-electron chi connectivity index (χ4n) is 1.84. The molecule has 0 unspecified atom stereocenters. The lowest BCUT2D eigenvalue weighted by atomic mass is 10.0. The first kappa shape index (κ1) is 13.1. The molecule has 3 nitrogen and oxygen atoms in total. The number of rotatable bonds is 3. The van der Waals surface area contributed by atoms with Crippen molar-refractivity contribution in [3.05, 3.63) is 34.3 Å². The fraction of sp³-hybridized carbons (Fsp3) is 0.357. The molecule has 18 heavy (non-hydrogen) atoms. The van der Waals surface area contributed by atoms with E-state index in [0.29, 0.717) is 5.92 Å². The molecule has 2 rings (SSSR count). The summed E-state index contributed by atoms with van der Waals surface area (Å²) in [4.78, 5) is 1.98. The molecule has 0 spiro atoms. The maximum absolute atomic E-state index is 4.30. The average molecular weight is 308 g/mol. The summed E-state index contributed by atoms with van der Waals surface area (Å²) in [6.07, 6.45) is 0. The monoisotopic (exact) mass is 307 g/mol. The summed E-state index contributed by atoms with van der Waals surface area (Å²) in [5.74, 6) is 1.47.